The van der Waals surface area contributed by atoms with E-state index in [2.05, 4.69) is 25.9 Å². The highest BCUT2D eigenvalue weighted by molar-refractivity contribution is 5.92. The number of hydrogen-bond acceptors (Lipinski definition) is 6. The topological polar surface area (TPSA) is 112 Å². The summed E-state index contributed by atoms with van der Waals surface area (Å²) in [6.07, 6.45) is 5.22. The van der Waals surface area contributed by atoms with E-state index < -0.39 is 0 Å². The number of carbonyl (C=O) groups excluding carboxylic acids is 1. The zero-order valence-electron chi connectivity index (χ0n) is 16.5. The third-order valence-electron chi connectivity index (χ3n) is 4.77. The van der Waals surface area contributed by atoms with Crippen molar-refractivity contribution in [3.8, 4) is 5.75 Å². The third kappa shape index (κ3) is 4.38. The van der Waals surface area contributed by atoms with Gasteiger partial charge in [0.2, 0.25) is 0 Å². The number of nitrogens with one attached hydrogen (secondary N) is 4. The summed E-state index contributed by atoms with van der Waals surface area (Å²) in [7, 11) is 0. The minimum atomic E-state index is -0.356. The van der Waals surface area contributed by atoms with E-state index in [4.69, 9.17) is 10.1 Å². The Labute approximate surface area is 177 Å². The number of ether oxygens (including phenoxy) is 1. The van der Waals surface area contributed by atoms with E-state index in [0.29, 0.717) is 30.1 Å². The molecule has 4 N–H and O–H groups in total. The molecule has 1 unspecified atom stereocenters. The second-order valence-electron chi connectivity index (χ2n) is 6.94. The fourth-order valence-corrected chi connectivity index (χ4v) is 3.34. The number of carbonyl (C=O) groups is 1. The van der Waals surface area contributed by atoms with E-state index >= 15 is 0 Å². The fraction of sp³-hybridized carbons (Fsp3) is 0.182. The van der Waals surface area contributed by atoms with Gasteiger partial charge >= 0.3 is 6.03 Å². The summed E-state index contributed by atoms with van der Waals surface area (Å²) < 4.78 is 5.63. The number of pyridine rings is 2. The standard InChI is InChI=1S/C22H22N6O2.2H2/c1-14-10-16(6-8-24-14)26-19-13-25-21(11-15(19)12-23)28-22(29)27-18-7-9-30-20-5-3-2-4-17(18)20;;/h2-6,8,10-13,18,23H,7,9H2,1H3,(H,24,26)(H2,25,27,28,29);2*1H. The molecule has 0 bridgehead atoms. The normalized spacial score (nSPS) is 14.8. The van der Waals surface area contributed by atoms with Crippen molar-refractivity contribution in [1.82, 2.24) is 15.3 Å². The number of fused-ring (bicyclic) bond motifs is 1. The zero-order chi connectivity index (χ0) is 20.9. The molecule has 0 saturated heterocycles. The number of para-hydroxylation sites is 1. The molecule has 3 heterocycles. The second-order valence-corrected chi connectivity index (χ2v) is 6.94. The molecule has 2 amide bonds. The quantitative estimate of drug-likeness (QED) is 0.460. The van der Waals surface area contributed by atoms with Crippen LogP contribution in [-0.4, -0.2) is 28.8 Å². The summed E-state index contributed by atoms with van der Waals surface area (Å²) in [5.74, 6) is 1.16. The number of benzene rings is 1. The van der Waals surface area contributed by atoms with Crippen LogP contribution in [0.15, 0.2) is 54.9 Å². The Kier molecular flexibility index (Phi) is 5.56. The first-order valence-corrected chi connectivity index (χ1v) is 9.62. The van der Waals surface area contributed by atoms with Gasteiger partial charge in [-0.15, -0.1) is 0 Å². The number of aromatic nitrogens is 2. The summed E-state index contributed by atoms with van der Waals surface area (Å²) >= 11 is 0. The highest BCUT2D eigenvalue weighted by Gasteiger charge is 2.22. The lowest BCUT2D eigenvalue weighted by Crippen LogP contribution is -2.35. The lowest BCUT2D eigenvalue weighted by molar-refractivity contribution is 0.232. The second kappa shape index (κ2) is 8.60. The van der Waals surface area contributed by atoms with Gasteiger partial charge in [-0.2, -0.15) is 0 Å². The van der Waals surface area contributed by atoms with Gasteiger partial charge in [0.25, 0.3) is 0 Å². The number of hydrogen-bond donors (Lipinski definition) is 4. The molecule has 0 radical (unpaired) electrons. The third-order valence-corrected chi connectivity index (χ3v) is 4.77. The number of urea groups is 1. The fourth-order valence-electron chi connectivity index (χ4n) is 3.34. The van der Waals surface area contributed by atoms with E-state index in [-0.39, 0.29) is 14.9 Å². The van der Waals surface area contributed by atoms with Gasteiger partial charge in [-0.1, -0.05) is 18.2 Å². The molecular formula is C22H26N6O2. The molecule has 156 valence electrons. The van der Waals surface area contributed by atoms with Crippen LogP contribution in [0.5, 0.6) is 5.75 Å². The van der Waals surface area contributed by atoms with Gasteiger partial charge in [0.1, 0.15) is 11.6 Å². The first kappa shape index (κ1) is 19.4. The minimum Gasteiger partial charge on any atom is -0.493 e. The molecule has 2 aromatic heterocycles. The van der Waals surface area contributed by atoms with Crippen molar-refractivity contribution < 1.29 is 12.4 Å². The van der Waals surface area contributed by atoms with Crippen LogP contribution in [0.25, 0.3) is 0 Å². The Hall–Kier alpha value is -3.94. The van der Waals surface area contributed by atoms with Gasteiger partial charge in [-0.25, -0.2) is 9.78 Å². The molecule has 4 rings (SSSR count). The number of nitrogens with zero attached hydrogens (tertiary/aromatic N) is 2. The molecule has 0 saturated carbocycles. The molecule has 1 aliphatic rings. The molecular weight excluding hydrogens is 380 g/mol. The monoisotopic (exact) mass is 406 g/mol. The number of aryl methyl sites for hydroxylation is 1. The lowest BCUT2D eigenvalue weighted by Gasteiger charge is -2.26. The van der Waals surface area contributed by atoms with Gasteiger partial charge in [0.05, 0.1) is 24.5 Å². The smallest absolute Gasteiger partial charge is 0.320 e. The molecule has 30 heavy (non-hydrogen) atoms. The van der Waals surface area contributed by atoms with Crippen molar-refractivity contribution in [1.29, 1.82) is 5.41 Å². The maximum Gasteiger partial charge on any atom is 0.320 e. The van der Waals surface area contributed by atoms with Crippen LogP contribution >= 0.6 is 0 Å². The Morgan fingerprint density at radius 1 is 1.27 bits per heavy atom. The van der Waals surface area contributed by atoms with E-state index in [0.717, 1.165) is 22.7 Å². The van der Waals surface area contributed by atoms with Crippen LogP contribution in [0, 0.1) is 12.3 Å². The minimum absolute atomic E-state index is 0. The van der Waals surface area contributed by atoms with Crippen molar-refractivity contribution in [3.63, 3.8) is 0 Å². The maximum atomic E-state index is 12.5. The predicted octanol–water partition coefficient (Wildman–Crippen LogP) is 4.66. The summed E-state index contributed by atoms with van der Waals surface area (Å²) in [6, 6.07) is 12.6. The lowest BCUT2D eigenvalue weighted by atomic mass is 10.0. The van der Waals surface area contributed by atoms with E-state index in [1.807, 2.05) is 43.3 Å². The average Bonchev–Trinajstić information content (AvgIpc) is 2.75. The highest BCUT2D eigenvalue weighted by Crippen LogP contribution is 2.31. The van der Waals surface area contributed by atoms with Crippen LogP contribution in [0.4, 0.5) is 22.0 Å². The zero-order valence-corrected chi connectivity index (χ0v) is 16.5. The molecule has 8 heteroatoms. The molecule has 1 aliphatic heterocycles. The summed E-state index contributed by atoms with van der Waals surface area (Å²) in [5, 5.41) is 16.7. The highest BCUT2D eigenvalue weighted by atomic mass is 16.5. The van der Waals surface area contributed by atoms with Crippen molar-refractivity contribution in [2.24, 2.45) is 0 Å². The molecule has 3 aromatic rings. The van der Waals surface area contributed by atoms with Crippen molar-refractivity contribution in [2.45, 2.75) is 19.4 Å². The van der Waals surface area contributed by atoms with Crippen LogP contribution < -0.4 is 20.7 Å². The Bertz CT molecular complexity index is 1100. The van der Waals surface area contributed by atoms with Crippen LogP contribution in [0.1, 0.15) is 32.1 Å². The van der Waals surface area contributed by atoms with Gasteiger partial charge in [-0.3, -0.25) is 10.3 Å². The van der Waals surface area contributed by atoms with E-state index in [1.165, 1.54) is 6.21 Å². The van der Waals surface area contributed by atoms with E-state index in [9.17, 15) is 4.79 Å². The summed E-state index contributed by atoms with van der Waals surface area (Å²) in [5.41, 5.74) is 3.96. The molecule has 8 nitrogen and oxygen atoms in total. The van der Waals surface area contributed by atoms with Gasteiger partial charge < -0.3 is 20.8 Å². The van der Waals surface area contributed by atoms with Gasteiger partial charge in [0, 0.05) is 44.2 Å². The number of amides is 2. The first-order valence-electron chi connectivity index (χ1n) is 9.62. The van der Waals surface area contributed by atoms with Gasteiger partial charge in [0.15, 0.2) is 0 Å². The number of rotatable bonds is 5. The molecule has 0 aliphatic carbocycles. The van der Waals surface area contributed by atoms with Crippen LogP contribution in [-0.2, 0) is 0 Å². The molecule has 0 fully saturated rings. The maximum absolute atomic E-state index is 12.5. The average molecular weight is 406 g/mol. The SMILES string of the molecule is Cc1cc(Nc2cnc(NC(=O)NC3CCOc4ccccc43)cc2C=N)ccn1.[HH].[HH]. The largest absolute Gasteiger partial charge is 0.493 e. The summed E-state index contributed by atoms with van der Waals surface area (Å²) in [6.45, 7) is 2.45. The first-order chi connectivity index (χ1) is 14.6. The Balaban J connectivity index is 0.00000181. The van der Waals surface area contributed by atoms with Crippen molar-refractivity contribution in [3.05, 3.63) is 71.7 Å². The molecule has 0 spiro atoms. The van der Waals surface area contributed by atoms with Crippen LogP contribution in [0.3, 0.4) is 0 Å². The van der Waals surface area contributed by atoms with E-state index in [1.54, 1.807) is 18.5 Å². The van der Waals surface area contributed by atoms with Crippen molar-refractivity contribution in [2.75, 3.05) is 17.2 Å². The van der Waals surface area contributed by atoms with Crippen LogP contribution in [0.2, 0.25) is 0 Å². The predicted molar refractivity (Wildman–Crippen MR) is 120 cm³/mol. The molecule has 1 atom stereocenters. The Morgan fingerprint density at radius 3 is 2.97 bits per heavy atom. The van der Waals surface area contributed by atoms with Gasteiger partial charge in [-0.05, 0) is 31.2 Å². The summed E-state index contributed by atoms with van der Waals surface area (Å²) in [4.78, 5) is 21.0. The molecule has 1 aromatic carbocycles. The van der Waals surface area contributed by atoms with Crippen molar-refractivity contribution >= 4 is 29.4 Å². The Morgan fingerprint density at radius 2 is 2.13 bits per heavy atom. The number of anilines is 3.